The highest BCUT2D eigenvalue weighted by atomic mass is 32.2. The number of rotatable bonds is 5. The van der Waals surface area contributed by atoms with Gasteiger partial charge in [-0.2, -0.15) is 0 Å². The van der Waals surface area contributed by atoms with Gasteiger partial charge in [-0.05, 0) is 30.2 Å². The average molecular weight is 196 g/mol. The summed E-state index contributed by atoms with van der Waals surface area (Å²) in [5, 5.41) is 8.86. The van der Waals surface area contributed by atoms with Crippen molar-refractivity contribution in [1.82, 2.24) is 0 Å². The van der Waals surface area contributed by atoms with Gasteiger partial charge >= 0.3 is 0 Å². The SMILES string of the molecule is CCCSc1ccccc1CCO. The van der Waals surface area contributed by atoms with Gasteiger partial charge in [-0.1, -0.05) is 25.1 Å². The molecule has 0 unspecified atom stereocenters. The second kappa shape index (κ2) is 6.06. The van der Waals surface area contributed by atoms with Crippen LogP contribution in [0, 0.1) is 0 Å². The van der Waals surface area contributed by atoms with Crippen LogP contribution in [-0.4, -0.2) is 17.5 Å². The zero-order chi connectivity index (χ0) is 9.52. The van der Waals surface area contributed by atoms with Gasteiger partial charge in [-0.15, -0.1) is 11.8 Å². The molecule has 1 aromatic carbocycles. The minimum atomic E-state index is 0.240. The molecule has 0 aromatic heterocycles. The van der Waals surface area contributed by atoms with Crippen LogP contribution in [-0.2, 0) is 6.42 Å². The van der Waals surface area contributed by atoms with Crippen molar-refractivity contribution < 1.29 is 5.11 Å². The monoisotopic (exact) mass is 196 g/mol. The Morgan fingerprint density at radius 1 is 1.31 bits per heavy atom. The summed E-state index contributed by atoms with van der Waals surface area (Å²) in [6, 6.07) is 8.30. The van der Waals surface area contributed by atoms with Gasteiger partial charge in [-0.3, -0.25) is 0 Å². The van der Waals surface area contributed by atoms with Crippen LogP contribution in [0.2, 0.25) is 0 Å². The van der Waals surface area contributed by atoms with Gasteiger partial charge in [0.1, 0.15) is 0 Å². The van der Waals surface area contributed by atoms with Crippen LogP contribution < -0.4 is 0 Å². The first kappa shape index (κ1) is 10.6. The van der Waals surface area contributed by atoms with Crippen molar-refractivity contribution in [2.24, 2.45) is 0 Å². The fraction of sp³-hybridized carbons (Fsp3) is 0.455. The summed E-state index contributed by atoms with van der Waals surface area (Å²) in [5.41, 5.74) is 1.27. The van der Waals surface area contributed by atoms with Crippen molar-refractivity contribution in [2.45, 2.75) is 24.7 Å². The first-order chi connectivity index (χ1) is 6.38. The zero-order valence-corrected chi connectivity index (χ0v) is 8.81. The highest BCUT2D eigenvalue weighted by Gasteiger charge is 2.00. The molecule has 0 aliphatic carbocycles. The van der Waals surface area contributed by atoms with Gasteiger partial charge in [0.25, 0.3) is 0 Å². The molecule has 13 heavy (non-hydrogen) atoms. The molecule has 1 N–H and O–H groups in total. The summed E-state index contributed by atoms with van der Waals surface area (Å²) in [5.74, 6) is 1.16. The highest BCUT2D eigenvalue weighted by Crippen LogP contribution is 2.23. The van der Waals surface area contributed by atoms with Crippen LogP contribution in [0.4, 0.5) is 0 Å². The Labute approximate surface area is 84.2 Å². The van der Waals surface area contributed by atoms with Crippen molar-refractivity contribution in [1.29, 1.82) is 0 Å². The van der Waals surface area contributed by atoms with E-state index in [2.05, 4.69) is 25.1 Å². The number of aliphatic hydroxyl groups is 1. The Morgan fingerprint density at radius 3 is 2.77 bits per heavy atom. The molecule has 1 nitrogen and oxygen atoms in total. The molecule has 0 aliphatic heterocycles. The van der Waals surface area contributed by atoms with Crippen molar-refractivity contribution in [2.75, 3.05) is 12.4 Å². The standard InChI is InChI=1S/C11H16OS/c1-2-9-13-11-6-4-3-5-10(11)7-8-12/h3-6,12H,2,7-9H2,1H3. The second-order valence-corrected chi connectivity index (χ2v) is 4.07. The summed E-state index contributed by atoms with van der Waals surface area (Å²) in [4.78, 5) is 1.32. The van der Waals surface area contributed by atoms with E-state index in [0.717, 1.165) is 12.2 Å². The maximum atomic E-state index is 8.86. The molecule has 0 bridgehead atoms. The van der Waals surface area contributed by atoms with E-state index in [0.29, 0.717) is 0 Å². The number of benzene rings is 1. The molecule has 0 saturated heterocycles. The van der Waals surface area contributed by atoms with E-state index in [9.17, 15) is 0 Å². The van der Waals surface area contributed by atoms with Crippen molar-refractivity contribution >= 4 is 11.8 Å². The average Bonchev–Trinajstić information content (AvgIpc) is 2.17. The highest BCUT2D eigenvalue weighted by molar-refractivity contribution is 7.99. The molecule has 0 amide bonds. The molecule has 1 aromatic rings. The summed E-state index contributed by atoms with van der Waals surface area (Å²) in [6.45, 7) is 2.42. The van der Waals surface area contributed by atoms with E-state index in [1.165, 1.54) is 16.9 Å². The first-order valence-corrected chi connectivity index (χ1v) is 5.68. The second-order valence-electron chi connectivity index (χ2n) is 2.93. The zero-order valence-electron chi connectivity index (χ0n) is 7.99. The molecule has 0 heterocycles. The maximum absolute atomic E-state index is 8.86. The van der Waals surface area contributed by atoms with Crippen LogP contribution in [0.25, 0.3) is 0 Å². The molecule has 0 saturated carbocycles. The first-order valence-electron chi connectivity index (χ1n) is 4.70. The molecular formula is C11H16OS. The summed E-state index contributed by atoms with van der Waals surface area (Å²) < 4.78 is 0. The van der Waals surface area contributed by atoms with E-state index in [1.54, 1.807) is 0 Å². The van der Waals surface area contributed by atoms with Gasteiger partial charge in [0.05, 0.1) is 0 Å². The van der Waals surface area contributed by atoms with Gasteiger partial charge in [-0.25, -0.2) is 0 Å². The molecular weight excluding hydrogens is 180 g/mol. The largest absolute Gasteiger partial charge is 0.396 e. The van der Waals surface area contributed by atoms with E-state index in [4.69, 9.17) is 5.11 Å². The van der Waals surface area contributed by atoms with E-state index >= 15 is 0 Å². The lowest BCUT2D eigenvalue weighted by atomic mass is 10.2. The summed E-state index contributed by atoms with van der Waals surface area (Å²) >= 11 is 1.88. The molecule has 0 radical (unpaired) electrons. The fourth-order valence-electron chi connectivity index (χ4n) is 1.18. The van der Waals surface area contributed by atoms with Gasteiger partial charge < -0.3 is 5.11 Å². The normalized spacial score (nSPS) is 10.3. The third-order valence-corrected chi connectivity index (χ3v) is 3.14. The van der Waals surface area contributed by atoms with Crippen molar-refractivity contribution in [3.63, 3.8) is 0 Å². The number of aliphatic hydroxyl groups excluding tert-OH is 1. The Hall–Kier alpha value is -0.470. The predicted molar refractivity (Wildman–Crippen MR) is 58.2 cm³/mol. The van der Waals surface area contributed by atoms with E-state index in [-0.39, 0.29) is 6.61 Å². The lowest BCUT2D eigenvalue weighted by Crippen LogP contribution is -1.93. The molecule has 1 rings (SSSR count). The molecule has 0 aliphatic rings. The quantitative estimate of drug-likeness (QED) is 0.731. The smallest absolute Gasteiger partial charge is 0.0471 e. The van der Waals surface area contributed by atoms with Crippen LogP contribution in [0.15, 0.2) is 29.2 Å². The number of thioether (sulfide) groups is 1. The Morgan fingerprint density at radius 2 is 2.08 bits per heavy atom. The summed E-state index contributed by atoms with van der Waals surface area (Å²) in [6.07, 6.45) is 1.96. The minimum Gasteiger partial charge on any atom is -0.396 e. The van der Waals surface area contributed by atoms with Crippen molar-refractivity contribution in [3.8, 4) is 0 Å². The number of hydrogen-bond donors (Lipinski definition) is 1. The lowest BCUT2D eigenvalue weighted by Gasteiger charge is -2.06. The summed E-state index contributed by atoms with van der Waals surface area (Å²) in [7, 11) is 0. The molecule has 72 valence electrons. The third kappa shape index (κ3) is 3.41. The van der Waals surface area contributed by atoms with Crippen LogP contribution >= 0.6 is 11.8 Å². The van der Waals surface area contributed by atoms with Gasteiger partial charge in [0.15, 0.2) is 0 Å². The van der Waals surface area contributed by atoms with Crippen LogP contribution in [0.5, 0.6) is 0 Å². The molecule has 2 heteroatoms. The third-order valence-electron chi connectivity index (χ3n) is 1.82. The Balaban J connectivity index is 2.66. The minimum absolute atomic E-state index is 0.240. The lowest BCUT2D eigenvalue weighted by molar-refractivity contribution is 0.299. The van der Waals surface area contributed by atoms with E-state index in [1.807, 2.05) is 17.8 Å². The van der Waals surface area contributed by atoms with E-state index < -0.39 is 0 Å². The molecule has 0 spiro atoms. The predicted octanol–water partition coefficient (Wildman–Crippen LogP) is 2.72. The van der Waals surface area contributed by atoms with Crippen LogP contribution in [0.1, 0.15) is 18.9 Å². The molecule has 0 fully saturated rings. The molecule has 0 atom stereocenters. The topological polar surface area (TPSA) is 20.2 Å². The fourth-order valence-corrected chi connectivity index (χ4v) is 2.14. The number of hydrogen-bond acceptors (Lipinski definition) is 2. The Kier molecular flexibility index (Phi) is 4.94. The van der Waals surface area contributed by atoms with Crippen LogP contribution in [0.3, 0.4) is 0 Å². The van der Waals surface area contributed by atoms with Crippen molar-refractivity contribution in [3.05, 3.63) is 29.8 Å². The Bertz CT molecular complexity index is 248. The van der Waals surface area contributed by atoms with Gasteiger partial charge in [0.2, 0.25) is 0 Å². The van der Waals surface area contributed by atoms with Gasteiger partial charge in [0, 0.05) is 11.5 Å². The maximum Gasteiger partial charge on any atom is 0.0471 e.